The Kier molecular flexibility index (Phi) is 5.73. The molecule has 0 unspecified atom stereocenters. The van der Waals surface area contributed by atoms with Crippen molar-refractivity contribution in [2.24, 2.45) is 7.05 Å². The number of halogens is 3. The number of anilines is 1. The summed E-state index contributed by atoms with van der Waals surface area (Å²) in [6, 6.07) is 1.73. The summed E-state index contributed by atoms with van der Waals surface area (Å²) in [5.41, 5.74) is -0.647. The lowest BCUT2D eigenvalue weighted by molar-refractivity contribution is -0.120. The number of likely N-dealkylation sites (tertiary alicyclic amines) is 1. The fraction of sp³-hybridized carbons (Fsp3) is 0.545. The second-order valence-corrected chi connectivity index (χ2v) is 9.60. The van der Waals surface area contributed by atoms with Gasteiger partial charge in [0.1, 0.15) is 11.4 Å². The molecule has 2 aliphatic rings. The highest BCUT2D eigenvalue weighted by Gasteiger charge is 2.48. The number of carbonyl (C=O) groups is 3. The molecule has 0 spiro atoms. The van der Waals surface area contributed by atoms with Crippen LogP contribution in [0.25, 0.3) is 10.9 Å². The van der Waals surface area contributed by atoms with Crippen LogP contribution in [0, 0.1) is 5.82 Å². The maximum atomic E-state index is 15.2. The molecule has 1 aromatic heterocycles. The van der Waals surface area contributed by atoms with E-state index in [1.807, 2.05) is 0 Å². The van der Waals surface area contributed by atoms with Gasteiger partial charge in [0.2, 0.25) is 5.91 Å². The van der Waals surface area contributed by atoms with Gasteiger partial charge in [-0.1, -0.05) is 0 Å². The highest BCUT2D eigenvalue weighted by molar-refractivity contribution is 6.08. The van der Waals surface area contributed by atoms with E-state index in [4.69, 9.17) is 4.74 Å². The fourth-order valence-corrected chi connectivity index (χ4v) is 4.31. The number of hydrogen-bond acceptors (Lipinski definition) is 5. The first-order chi connectivity index (χ1) is 15.8. The Balaban J connectivity index is 1.64. The molecular weight excluding hydrogens is 455 g/mol. The van der Waals surface area contributed by atoms with Crippen molar-refractivity contribution < 1.29 is 32.3 Å². The van der Waals surface area contributed by atoms with Crippen LogP contribution in [0.1, 0.15) is 45.1 Å². The Morgan fingerprint density at radius 1 is 1.24 bits per heavy atom. The summed E-state index contributed by atoms with van der Waals surface area (Å²) in [7, 11) is 1.56. The molecule has 12 heteroatoms. The van der Waals surface area contributed by atoms with Gasteiger partial charge < -0.3 is 9.64 Å². The van der Waals surface area contributed by atoms with Gasteiger partial charge in [0.15, 0.2) is 5.82 Å². The number of ether oxygens (including phenoxy) is 1. The van der Waals surface area contributed by atoms with Crippen LogP contribution in [-0.2, 0) is 16.6 Å². The standard InChI is InChI=1S/C22H26F3N5O4/c1-21(2,3)34-20(33)29-7-5-14(22(24,25)11-29)12-10-16-13(9-15(12)23)18(27-28(16)4)30-8-6-17(31)26-19(30)32/h9-10,14H,5-8,11H2,1-4H3,(H,26,31,32)/t14-/m1/s1. The molecule has 0 saturated carbocycles. The quantitative estimate of drug-likeness (QED) is 0.708. The van der Waals surface area contributed by atoms with Crippen molar-refractivity contribution in [2.75, 3.05) is 24.5 Å². The highest BCUT2D eigenvalue weighted by atomic mass is 19.3. The van der Waals surface area contributed by atoms with Crippen LogP contribution in [-0.4, -0.2) is 63.9 Å². The minimum atomic E-state index is -3.39. The average molecular weight is 481 g/mol. The van der Waals surface area contributed by atoms with Crippen molar-refractivity contribution in [2.45, 2.75) is 51.1 Å². The number of aryl methyl sites for hydroxylation is 1. The van der Waals surface area contributed by atoms with Crippen LogP contribution in [0.15, 0.2) is 12.1 Å². The van der Waals surface area contributed by atoms with E-state index in [9.17, 15) is 14.4 Å². The Hall–Kier alpha value is -3.31. The molecule has 0 aliphatic carbocycles. The normalized spacial score (nSPS) is 21.1. The number of aromatic nitrogens is 2. The van der Waals surface area contributed by atoms with E-state index in [-0.39, 0.29) is 42.7 Å². The fourth-order valence-electron chi connectivity index (χ4n) is 4.31. The maximum Gasteiger partial charge on any atom is 0.410 e. The largest absolute Gasteiger partial charge is 0.444 e. The van der Waals surface area contributed by atoms with Crippen LogP contribution in [0.5, 0.6) is 0 Å². The lowest BCUT2D eigenvalue weighted by Gasteiger charge is -2.39. The monoisotopic (exact) mass is 481 g/mol. The first-order valence-corrected chi connectivity index (χ1v) is 10.9. The van der Waals surface area contributed by atoms with Crippen LogP contribution in [0.2, 0.25) is 0 Å². The van der Waals surface area contributed by atoms with Crippen LogP contribution >= 0.6 is 0 Å². The summed E-state index contributed by atoms with van der Waals surface area (Å²) >= 11 is 0. The summed E-state index contributed by atoms with van der Waals surface area (Å²) in [5, 5.41) is 6.72. The number of carbonyl (C=O) groups excluding carboxylic acids is 3. The molecule has 2 fully saturated rings. The van der Waals surface area contributed by atoms with Crippen LogP contribution in [0.4, 0.5) is 28.6 Å². The lowest BCUT2D eigenvalue weighted by Crippen LogP contribution is -2.51. The third-order valence-electron chi connectivity index (χ3n) is 5.89. The molecule has 1 N–H and O–H groups in total. The van der Waals surface area contributed by atoms with E-state index >= 15 is 13.2 Å². The molecule has 3 heterocycles. The second kappa shape index (κ2) is 8.17. The number of piperidine rings is 1. The van der Waals surface area contributed by atoms with E-state index in [0.29, 0.717) is 5.52 Å². The molecule has 9 nitrogen and oxygen atoms in total. The molecule has 0 radical (unpaired) electrons. The van der Waals surface area contributed by atoms with E-state index in [1.54, 1.807) is 27.8 Å². The summed E-state index contributed by atoms with van der Waals surface area (Å²) < 4.78 is 52.0. The SMILES string of the molecule is Cn1nc(N2CCC(=O)NC2=O)c2cc(F)c([C@H]3CCN(C(=O)OC(C)(C)C)CC3(F)F)cc21. The number of amides is 4. The van der Waals surface area contributed by atoms with Gasteiger partial charge >= 0.3 is 12.1 Å². The first kappa shape index (κ1) is 23.8. The molecule has 34 heavy (non-hydrogen) atoms. The first-order valence-electron chi connectivity index (χ1n) is 10.9. The van der Waals surface area contributed by atoms with E-state index in [0.717, 1.165) is 11.0 Å². The van der Waals surface area contributed by atoms with Gasteiger partial charge in [-0.2, -0.15) is 5.10 Å². The van der Waals surface area contributed by atoms with Gasteiger partial charge in [0.05, 0.1) is 18.0 Å². The molecule has 184 valence electrons. The molecular formula is C22H26F3N5O4. The zero-order valence-corrected chi connectivity index (χ0v) is 19.3. The van der Waals surface area contributed by atoms with Crippen molar-refractivity contribution in [1.82, 2.24) is 20.0 Å². The average Bonchev–Trinajstić information content (AvgIpc) is 3.01. The minimum absolute atomic E-state index is 0.00867. The number of alkyl halides is 2. The van der Waals surface area contributed by atoms with Crippen molar-refractivity contribution >= 4 is 34.8 Å². The molecule has 1 atom stereocenters. The number of hydrogen-bond donors (Lipinski definition) is 1. The molecule has 2 saturated heterocycles. The molecule has 2 aliphatic heterocycles. The van der Waals surface area contributed by atoms with Crippen molar-refractivity contribution in [3.05, 3.63) is 23.5 Å². The molecule has 2 aromatic rings. The van der Waals surface area contributed by atoms with Gasteiger partial charge in [0.25, 0.3) is 5.92 Å². The number of benzene rings is 1. The lowest BCUT2D eigenvalue weighted by atomic mass is 9.85. The molecule has 4 rings (SSSR count). The number of urea groups is 1. The Morgan fingerprint density at radius 2 is 1.94 bits per heavy atom. The second-order valence-electron chi connectivity index (χ2n) is 9.60. The van der Waals surface area contributed by atoms with Crippen LogP contribution < -0.4 is 10.2 Å². The van der Waals surface area contributed by atoms with Gasteiger partial charge in [-0.25, -0.2) is 22.8 Å². The Labute approximate surface area is 193 Å². The van der Waals surface area contributed by atoms with Crippen molar-refractivity contribution in [3.63, 3.8) is 0 Å². The van der Waals surface area contributed by atoms with Gasteiger partial charge in [-0.05, 0) is 44.9 Å². The number of rotatable bonds is 2. The number of imide groups is 1. The summed E-state index contributed by atoms with van der Waals surface area (Å²) in [4.78, 5) is 38.1. The van der Waals surface area contributed by atoms with Gasteiger partial charge in [0, 0.05) is 31.9 Å². The van der Waals surface area contributed by atoms with Gasteiger partial charge in [-0.3, -0.25) is 19.7 Å². The van der Waals surface area contributed by atoms with E-state index < -0.39 is 47.8 Å². The number of fused-ring (bicyclic) bond motifs is 1. The summed E-state index contributed by atoms with van der Waals surface area (Å²) in [5.74, 6) is -5.98. The number of nitrogens with one attached hydrogen (secondary N) is 1. The highest BCUT2D eigenvalue weighted by Crippen LogP contribution is 2.43. The van der Waals surface area contributed by atoms with E-state index in [1.165, 1.54) is 15.6 Å². The third-order valence-corrected chi connectivity index (χ3v) is 5.89. The van der Waals surface area contributed by atoms with Crippen LogP contribution in [0.3, 0.4) is 0 Å². The Bertz CT molecular complexity index is 1170. The summed E-state index contributed by atoms with van der Waals surface area (Å²) in [6.07, 6.45) is -0.931. The summed E-state index contributed by atoms with van der Waals surface area (Å²) in [6.45, 7) is 4.12. The molecule has 0 bridgehead atoms. The minimum Gasteiger partial charge on any atom is -0.444 e. The molecule has 4 amide bonds. The predicted octanol–water partition coefficient (Wildman–Crippen LogP) is 3.52. The maximum absolute atomic E-state index is 15.2. The van der Waals surface area contributed by atoms with E-state index in [2.05, 4.69) is 10.4 Å². The zero-order chi connectivity index (χ0) is 25.0. The third kappa shape index (κ3) is 4.40. The van der Waals surface area contributed by atoms with Crippen molar-refractivity contribution in [3.8, 4) is 0 Å². The predicted molar refractivity (Wildman–Crippen MR) is 116 cm³/mol. The Morgan fingerprint density at radius 3 is 2.56 bits per heavy atom. The number of nitrogens with zero attached hydrogens (tertiary/aromatic N) is 4. The van der Waals surface area contributed by atoms with Gasteiger partial charge in [-0.15, -0.1) is 0 Å². The molecule has 1 aromatic carbocycles. The topological polar surface area (TPSA) is 96.8 Å². The van der Waals surface area contributed by atoms with Crippen molar-refractivity contribution in [1.29, 1.82) is 0 Å². The zero-order valence-electron chi connectivity index (χ0n) is 19.3. The smallest absolute Gasteiger partial charge is 0.410 e.